The normalized spacial score (nSPS) is 17.0. The largest absolute Gasteiger partial charge is 0.369 e. The molecule has 1 aliphatic heterocycles. The molecular formula is C19H24N2O. The molecule has 1 aliphatic rings. The van der Waals surface area contributed by atoms with Gasteiger partial charge in [0.2, 0.25) is 0 Å². The highest BCUT2D eigenvalue weighted by molar-refractivity contribution is 5.90. The Morgan fingerprint density at radius 3 is 2.18 bits per heavy atom. The number of nitrogens with zero attached hydrogens (tertiary/aromatic N) is 2. The number of aldehydes is 1. The topological polar surface area (TPSA) is 23.6 Å². The van der Waals surface area contributed by atoms with Crippen molar-refractivity contribution in [3.05, 3.63) is 42.0 Å². The molecule has 0 radical (unpaired) electrons. The number of hydrogen-bond donors (Lipinski definition) is 0. The van der Waals surface area contributed by atoms with Crippen LogP contribution >= 0.6 is 0 Å². The quantitative estimate of drug-likeness (QED) is 0.792. The van der Waals surface area contributed by atoms with Crippen LogP contribution in [0.4, 0.5) is 5.69 Å². The first-order valence-electron chi connectivity index (χ1n) is 7.96. The molecule has 3 heteroatoms. The van der Waals surface area contributed by atoms with Gasteiger partial charge in [0, 0.05) is 43.0 Å². The van der Waals surface area contributed by atoms with Crippen molar-refractivity contribution in [3.63, 3.8) is 0 Å². The van der Waals surface area contributed by atoms with Gasteiger partial charge in [-0.25, -0.2) is 0 Å². The highest BCUT2D eigenvalue weighted by Gasteiger charge is 2.25. The third-order valence-electron chi connectivity index (χ3n) is 4.58. The Labute approximate surface area is 132 Å². The molecule has 22 heavy (non-hydrogen) atoms. The predicted molar refractivity (Wildman–Crippen MR) is 92.9 cm³/mol. The molecule has 0 atom stereocenters. The maximum Gasteiger partial charge on any atom is 0.150 e. The van der Waals surface area contributed by atoms with Crippen LogP contribution in [-0.4, -0.2) is 42.9 Å². The van der Waals surface area contributed by atoms with Crippen LogP contribution in [0.15, 0.2) is 36.4 Å². The predicted octanol–water partition coefficient (Wildman–Crippen LogP) is 3.57. The second-order valence-corrected chi connectivity index (χ2v) is 7.05. The number of hydrogen-bond acceptors (Lipinski definition) is 3. The van der Waals surface area contributed by atoms with Crippen molar-refractivity contribution < 1.29 is 4.79 Å². The Morgan fingerprint density at radius 1 is 0.909 bits per heavy atom. The Morgan fingerprint density at radius 2 is 1.55 bits per heavy atom. The minimum atomic E-state index is 0.251. The van der Waals surface area contributed by atoms with Crippen LogP contribution in [0.3, 0.4) is 0 Å². The van der Waals surface area contributed by atoms with Gasteiger partial charge in [0.1, 0.15) is 6.29 Å². The van der Waals surface area contributed by atoms with Gasteiger partial charge in [-0.15, -0.1) is 0 Å². The summed E-state index contributed by atoms with van der Waals surface area (Å²) in [5.74, 6) is 0. The average molecular weight is 296 g/mol. The Bertz CT molecular complexity index is 679. The van der Waals surface area contributed by atoms with E-state index in [1.165, 1.54) is 11.1 Å². The average Bonchev–Trinajstić information content (AvgIpc) is 2.53. The van der Waals surface area contributed by atoms with E-state index < -0.39 is 0 Å². The smallest absolute Gasteiger partial charge is 0.150 e. The fourth-order valence-electron chi connectivity index (χ4n) is 3.16. The molecule has 116 valence electrons. The van der Waals surface area contributed by atoms with Gasteiger partial charge in [0.25, 0.3) is 0 Å². The van der Waals surface area contributed by atoms with E-state index in [1.54, 1.807) is 0 Å². The van der Waals surface area contributed by atoms with Gasteiger partial charge in [-0.05, 0) is 49.7 Å². The second kappa shape index (κ2) is 5.73. The van der Waals surface area contributed by atoms with Gasteiger partial charge in [-0.1, -0.05) is 18.2 Å². The zero-order chi connectivity index (χ0) is 15.7. The van der Waals surface area contributed by atoms with Crippen LogP contribution < -0.4 is 4.90 Å². The van der Waals surface area contributed by atoms with Crippen molar-refractivity contribution in [1.29, 1.82) is 0 Å². The van der Waals surface area contributed by atoms with Crippen molar-refractivity contribution in [3.8, 4) is 0 Å². The van der Waals surface area contributed by atoms with Crippen molar-refractivity contribution in [1.82, 2.24) is 4.90 Å². The lowest BCUT2D eigenvalue weighted by Gasteiger charge is -2.43. The molecule has 0 amide bonds. The van der Waals surface area contributed by atoms with E-state index in [0.717, 1.165) is 43.4 Å². The van der Waals surface area contributed by atoms with Crippen LogP contribution in [0, 0.1) is 0 Å². The first-order chi connectivity index (χ1) is 10.5. The van der Waals surface area contributed by atoms with Crippen molar-refractivity contribution in [2.75, 3.05) is 31.1 Å². The molecule has 0 bridgehead atoms. The molecule has 0 saturated carbocycles. The third-order valence-corrected chi connectivity index (χ3v) is 4.58. The Kier molecular flexibility index (Phi) is 3.92. The molecule has 1 saturated heterocycles. The molecule has 0 N–H and O–H groups in total. The minimum Gasteiger partial charge on any atom is -0.369 e. The number of anilines is 1. The SMILES string of the molecule is CC(C)(C)N1CCN(c2ccc3cc(C=O)ccc3c2)CC1. The van der Waals surface area contributed by atoms with Gasteiger partial charge >= 0.3 is 0 Å². The number of carbonyl (C=O) groups is 1. The fourth-order valence-corrected chi connectivity index (χ4v) is 3.16. The number of rotatable bonds is 2. The summed E-state index contributed by atoms with van der Waals surface area (Å²) in [4.78, 5) is 15.9. The third kappa shape index (κ3) is 3.00. The van der Waals surface area contributed by atoms with E-state index in [4.69, 9.17) is 0 Å². The maximum atomic E-state index is 10.9. The number of benzene rings is 2. The Balaban J connectivity index is 1.79. The maximum absolute atomic E-state index is 10.9. The van der Waals surface area contributed by atoms with Gasteiger partial charge < -0.3 is 4.90 Å². The lowest BCUT2D eigenvalue weighted by molar-refractivity contribution is 0.112. The van der Waals surface area contributed by atoms with Crippen molar-refractivity contribution in [2.45, 2.75) is 26.3 Å². The lowest BCUT2D eigenvalue weighted by Crippen LogP contribution is -2.53. The van der Waals surface area contributed by atoms with Crippen molar-refractivity contribution >= 4 is 22.7 Å². The Hall–Kier alpha value is -1.87. The van der Waals surface area contributed by atoms with E-state index in [2.05, 4.69) is 48.8 Å². The molecule has 3 rings (SSSR count). The molecule has 1 fully saturated rings. The molecule has 0 aliphatic carbocycles. The van der Waals surface area contributed by atoms with E-state index in [-0.39, 0.29) is 5.54 Å². The van der Waals surface area contributed by atoms with E-state index in [9.17, 15) is 4.79 Å². The molecule has 2 aromatic carbocycles. The molecule has 0 spiro atoms. The number of fused-ring (bicyclic) bond motifs is 1. The standard InChI is InChI=1S/C19H24N2O/c1-19(2,3)21-10-8-20(9-11-21)18-7-6-16-12-15(14-22)4-5-17(16)13-18/h4-7,12-14H,8-11H2,1-3H3. The van der Waals surface area contributed by atoms with Gasteiger partial charge in [-0.2, -0.15) is 0 Å². The number of piperazine rings is 1. The molecule has 0 unspecified atom stereocenters. The van der Waals surface area contributed by atoms with Crippen LogP contribution in [0.5, 0.6) is 0 Å². The lowest BCUT2D eigenvalue weighted by atomic mass is 10.0. The minimum absolute atomic E-state index is 0.251. The first kappa shape index (κ1) is 15.0. The zero-order valence-electron chi connectivity index (χ0n) is 13.7. The monoisotopic (exact) mass is 296 g/mol. The van der Waals surface area contributed by atoms with Gasteiger partial charge in [-0.3, -0.25) is 9.69 Å². The van der Waals surface area contributed by atoms with Crippen LogP contribution in [0.1, 0.15) is 31.1 Å². The van der Waals surface area contributed by atoms with Crippen LogP contribution in [0.25, 0.3) is 10.8 Å². The summed E-state index contributed by atoms with van der Waals surface area (Å²) in [6, 6.07) is 12.4. The fraction of sp³-hybridized carbons (Fsp3) is 0.421. The summed E-state index contributed by atoms with van der Waals surface area (Å²) in [6.45, 7) is 11.2. The number of carbonyl (C=O) groups excluding carboxylic acids is 1. The summed E-state index contributed by atoms with van der Waals surface area (Å²) in [5, 5.41) is 2.32. The van der Waals surface area contributed by atoms with Crippen LogP contribution in [0.2, 0.25) is 0 Å². The first-order valence-corrected chi connectivity index (χ1v) is 7.96. The summed E-state index contributed by atoms with van der Waals surface area (Å²) in [5.41, 5.74) is 2.26. The van der Waals surface area contributed by atoms with Crippen LogP contribution in [-0.2, 0) is 0 Å². The highest BCUT2D eigenvalue weighted by Crippen LogP contribution is 2.25. The highest BCUT2D eigenvalue weighted by atomic mass is 16.1. The van der Waals surface area contributed by atoms with Crippen molar-refractivity contribution in [2.24, 2.45) is 0 Å². The van der Waals surface area contributed by atoms with E-state index in [0.29, 0.717) is 0 Å². The summed E-state index contributed by atoms with van der Waals surface area (Å²) in [7, 11) is 0. The summed E-state index contributed by atoms with van der Waals surface area (Å²) in [6.07, 6.45) is 0.902. The summed E-state index contributed by atoms with van der Waals surface area (Å²) < 4.78 is 0. The van der Waals surface area contributed by atoms with Gasteiger partial charge in [0.15, 0.2) is 0 Å². The van der Waals surface area contributed by atoms with E-state index >= 15 is 0 Å². The second-order valence-electron chi connectivity index (χ2n) is 7.05. The zero-order valence-corrected chi connectivity index (χ0v) is 13.7. The van der Waals surface area contributed by atoms with E-state index in [1.807, 2.05) is 18.2 Å². The summed E-state index contributed by atoms with van der Waals surface area (Å²) >= 11 is 0. The molecule has 3 nitrogen and oxygen atoms in total. The molecular weight excluding hydrogens is 272 g/mol. The molecule has 0 aromatic heterocycles. The molecule has 2 aromatic rings. The van der Waals surface area contributed by atoms with Gasteiger partial charge in [0.05, 0.1) is 0 Å². The molecule has 1 heterocycles.